The largest absolute Gasteiger partial charge is 0.390 e. The van der Waals surface area contributed by atoms with Gasteiger partial charge >= 0.3 is 0 Å². The lowest BCUT2D eigenvalue weighted by Crippen LogP contribution is -2.56. The minimum Gasteiger partial charge on any atom is -0.390 e. The van der Waals surface area contributed by atoms with Crippen molar-refractivity contribution in [2.45, 2.75) is 63.8 Å². The van der Waals surface area contributed by atoms with E-state index in [9.17, 15) is 18.7 Å². The molecule has 1 heterocycles. The Balaban J connectivity index is 1.44. The zero-order chi connectivity index (χ0) is 33.2. The highest BCUT2D eigenvalue weighted by molar-refractivity contribution is 7.10. The van der Waals surface area contributed by atoms with Crippen molar-refractivity contribution in [3.8, 4) is 0 Å². The topological polar surface area (TPSA) is 83.5 Å². The van der Waals surface area contributed by atoms with Gasteiger partial charge in [0.25, 0.3) is 5.91 Å². The number of aliphatic hydroxyl groups is 1. The summed E-state index contributed by atoms with van der Waals surface area (Å²) in [5, 5.41) is 20.4. The average Bonchev–Trinajstić information content (AvgIpc) is 3.62. The Labute approximate surface area is 279 Å². The molecule has 9 heteroatoms. The molecule has 1 aliphatic carbocycles. The zero-order valence-corrected chi connectivity index (χ0v) is 27.5. The molecule has 0 saturated carbocycles. The molecule has 3 aromatic carbocycles. The first kappa shape index (κ1) is 34.3. The lowest BCUT2D eigenvalue weighted by Gasteiger charge is -2.36. The van der Waals surface area contributed by atoms with Crippen LogP contribution in [-0.4, -0.2) is 46.9 Å². The van der Waals surface area contributed by atoms with Crippen molar-refractivity contribution in [3.05, 3.63) is 135 Å². The highest BCUT2D eigenvalue weighted by Gasteiger charge is 2.43. The van der Waals surface area contributed by atoms with Gasteiger partial charge in [-0.25, -0.2) is 13.8 Å². The number of hydrogen-bond donors (Lipinski definition) is 3. The number of thiazole rings is 1. The minimum atomic E-state index is -1.42. The SMILES string of the molecule is CCCOC1(C(=O)N[C@@H](Cc2cc(F)cc(F)c2)[C@H](O)CNCc2cccc(CC)c2)C=C(c2nccs2)C=C(c2ccccc2)C1. The van der Waals surface area contributed by atoms with Gasteiger partial charge in [0.05, 0.1) is 12.1 Å². The second-order valence-corrected chi connectivity index (χ2v) is 12.7. The Kier molecular flexibility index (Phi) is 11.8. The zero-order valence-electron chi connectivity index (χ0n) is 26.7. The number of carbonyl (C=O) groups is 1. The van der Waals surface area contributed by atoms with Crippen LogP contribution >= 0.6 is 11.3 Å². The van der Waals surface area contributed by atoms with Crippen LogP contribution in [0.15, 0.2) is 96.5 Å². The molecule has 47 heavy (non-hydrogen) atoms. The smallest absolute Gasteiger partial charge is 0.256 e. The van der Waals surface area contributed by atoms with Crippen molar-refractivity contribution in [3.63, 3.8) is 0 Å². The van der Waals surface area contributed by atoms with E-state index in [1.54, 1.807) is 6.20 Å². The molecule has 0 fully saturated rings. The molecule has 0 bridgehead atoms. The summed E-state index contributed by atoms with van der Waals surface area (Å²) >= 11 is 1.47. The van der Waals surface area contributed by atoms with Crippen molar-refractivity contribution < 1.29 is 23.4 Å². The number of halogens is 2. The number of nitrogens with zero attached hydrogens (tertiary/aromatic N) is 1. The molecular weight excluding hydrogens is 616 g/mol. The molecule has 3 atom stereocenters. The quantitative estimate of drug-likeness (QED) is 0.130. The van der Waals surface area contributed by atoms with Crippen LogP contribution in [0.1, 0.15) is 54.0 Å². The lowest BCUT2D eigenvalue weighted by molar-refractivity contribution is -0.142. The van der Waals surface area contributed by atoms with Crippen molar-refractivity contribution >= 4 is 28.4 Å². The molecule has 0 spiro atoms. The fourth-order valence-electron chi connectivity index (χ4n) is 5.80. The predicted molar refractivity (Wildman–Crippen MR) is 184 cm³/mol. The van der Waals surface area contributed by atoms with Gasteiger partial charge in [-0.3, -0.25) is 4.79 Å². The maximum absolute atomic E-state index is 14.5. The predicted octanol–water partition coefficient (Wildman–Crippen LogP) is 6.90. The fourth-order valence-corrected chi connectivity index (χ4v) is 6.43. The summed E-state index contributed by atoms with van der Waals surface area (Å²) in [6.07, 6.45) is 6.33. The summed E-state index contributed by atoms with van der Waals surface area (Å²) in [7, 11) is 0. The number of amides is 1. The van der Waals surface area contributed by atoms with Gasteiger partial charge in [0.15, 0.2) is 5.60 Å². The van der Waals surface area contributed by atoms with Crippen LogP contribution in [0.25, 0.3) is 11.1 Å². The van der Waals surface area contributed by atoms with Gasteiger partial charge in [0.2, 0.25) is 0 Å². The number of carbonyl (C=O) groups excluding carboxylic acids is 1. The molecule has 5 rings (SSSR count). The molecular formula is C38H41F2N3O3S. The van der Waals surface area contributed by atoms with Crippen LogP contribution in [0.5, 0.6) is 0 Å². The van der Waals surface area contributed by atoms with Crippen LogP contribution < -0.4 is 10.6 Å². The number of nitrogens with one attached hydrogen (secondary N) is 2. The van der Waals surface area contributed by atoms with Crippen molar-refractivity contribution in [1.29, 1.82) is 0 Å². The first-order valence-electron chi connectivity index (χ1n) is 16.0. The molecule has 3 N–H and O–H groups in total. The Morgan fingerprint density at radius 3 is 2.49 bits per heavy atom. The minimum absolute atomic E-state index is 0.00285. The van der Waals surface area contributed by atoms with Gasteiger partial charge < -0.3 is 20.5 Å². The van der Waals surface area contributed by atoms with E-state index in [0.29, 0.717) is 25.1 Å². The van der Waals surface area contributed by atoms with E-state index >= 15 is 0 Å². The van der Waals surface area contributed by atoms with Gasteiger partial charge in [-0.1, -0.05) is 68.4 Å². The highest BCUT2D eigenvalue weighted by atomic mass is 32.1. The number of aromatic nitrogens is 1. The van der Waals surface area contributed by atoms with Crippen molar-refractivity contribution in [2.75, 3.05) is 13.2 Å². The van der Waals surface area contributed by atoms with Crippen LogP contribution in [0, 0.1) is 11.6 Å². The molecule has 4 aromatic rings. The molecule has 0 radical (unpaired) electrons. The summed E-state index contributed by atoms with van der Waals surface area (Å²) in [4.78, 5) is 19.0. The summed E-state index contributed by atoms with van der Waals surface area (Å²) in [5.74, 6) is -1.90. The third kappa shape index (κ3) is 9.08. The molecule has 246 valence electrons. The molecule has 6 nitrogen and oxygen atoms in total. The van der Waals surface area contributed by atoms with Crippen LogP contribution in [0.3, 0.4) is 0 Å². The van der Waals surface area contributed by atoms with Gasteiger partial charge in [0, 0.05) is 49.3 Å². The van der Waals surface area contributed by atoms with E-state index in [1.807, 2.05) is 66.9 Å². The first-order chi connectivity index (χ1) is 22.8. The normalized spacial score (nSPS) is 17.5. The number of aliphatic hydroxyl groups excluding tert-OH is 1. The lowest BCUT2D eigenvalue weighted by atomic mass is 9.82. The van der Waals surface area contributed by atoms with E-state index in [4.69, 9.17) is 4.74 Å². The monoisotopic (exact) mass is 657 g/mol. The number of ether oxygens (including phenoxy) is 1. The molecule has 0 saturated heterocycles. The van der Waals surface area contributed by atoms with E-state index < -0.39 is 35.3 Å². The van der Waals surface area contributed by atoms with Gasteiger partial charge in [-0.2, -0.15) is 0 Å². The van der Waals surface area contributed by atoms with Crippen LogP contribution in [0.2, 0.25) is 0 Å². The van der Waals surface area contributed by atoms with E-state index in [1.165, 1.54) is 29.0 Å². The number of rotatable bonds is 15. The fraction of sp³-hybridized carbons (Fsp3) is 0.316. The Morgan fingerprint density at radius 2 is 1.79 bits per heavy atom. The summed E-state index contributed by atoms with van der Waals surface area (Å²) in [5.41, 5.74) is 3.80. The van der Waals surface area contributed by atoms with E-state index in [0.717, 1.165) is 39.8 Å². The Bertz CT molecular complexity index is 1670. The molecule has 1 aliphatic rings. The van der Waals surface area contributed by atoms with Gasteiger partial charge in [0.1, 0.15) is 16.6 Å². The number of aryl methyl sites for hydroxylation is 1. The van der Waals surface area contributed by atoms with E-state index in [-0.39, 0.29) is 19.4 Å². The average molecular weight is 658 g/mol. The summed E-state index contributed by atoms with van der Waals surface area (Å²) < 4.78 is 34.9. The van der Waals surface area contributed by atoms with Gasteiger partial charge in [-0.15, -0.1) is 11.3 Å². The Hall–Kier alpha value is -4.02. The third-order valence-electron chi connectivity index (χ3n) is 8.18. The number of benzene rings is 3. The van der Waals surface area contributed by atoms with Crippen molar-refractivity contribution in [2.24, 2.45) is 0 Å². The van der Waals surface area contributed by atoms with Crippen molar-refractivity contribution in [1.82, 2.24) is 15.6 Å². The second kappa shape index (κ2) is 16.2. The van der Waals surface area contributed by atoms with E-state index in [2.05, 4.69) is 34.7 Å². The maximum Gasteiger partial charge on any atom is 0.256 e. The summed E-state index contributed by atoms with van der Waals surface area (Å²) in [6, 6.07) is 20.4. The second-order valence-electron chi connectivity index (χ2n) is 11.8. The highest BCUT2D eigenvalue weighted by Crippen LogP contribution is 2.39. The molecule has 1 aromatic heterocycles. The number of hydrogen-bond acceptors (Lipinski definition) is 6. The van der Waals surface area contributed by atoms with Crippen LogP contribution in [-0.2, 0) is 28.9 Å². The first-order valence-corrected chi connectivity index (χ1v) is 16.9. The maximum atomic E-state index is 14.5. The molecule has 1 amide bonds. The Morgan fingerprint density at radius 1 is 1.02 bits per heavy atom. The van der Waals surface area contributed by atoms with Crippen LogP contribution in [0.4, 0.5) is 8.78 Å². The summed E-state index contributed by atoms with van der Waals surface area (Å²) in [6.45, 7) is 5.03. The number of allylic oxidation sites excluding steroid dienone is 2. The molecule has 1 unspecified atom stereocenters. The molecule has 0 aliphatic heterocycles. The van der Waals surface area contributed by atoms with Gasteiger partial charge in [-0.05, 0) is 71.4 Å². The third-order valence-corrected chi connectivity index (χ3v) is 9.01. The standard InChI is InChI=1S/C38H41F2N3O3S/c1-3-14-46-38(22-30(29-11-6-5-7-12-29)20-31(23-38)36-42-13-15-47-36)37(45)43-34(19-28-17-32(39)21-33(40)18-28)35(44)25-41-24-27-10-8-9-26(4-2)16-27/h5-13,15-18,20-21,23,34-35,41,44H,3-4,14,19,22,24-25H2,1-2H3,(H,43,45)/t34-,35+,38?/m0/s1.